The van der Waals surface area contributed by atoms with Crippen LogP contribution in [0, 0.1) is 0 Å². The maximum absolute atomic E-state index is 11.0. The Labute approximate surface area is 102 Å². The summed E-state index contributed by atoms with van der Waals surface area (Å²) in [6.45, 7) is 0. The Balaban J connectivity index is 2.83. The van der Waals surface area contributed by atoms with Crippen molar-refractivity contribution in [1.82, 2.24) is 0 Å². The summed E-state index contributed by atoms with van der Waals surface area (Å²) >= 11 is 3.31. The highest BCUT2D eigenvalue weighted by atomic mass is 79.9. The van der Waals surface area contributed by atoms with Crippen LogP contribution in [0.4, 0.5) is 0 Å². The summed E-state index contributed by atoms with van der Waals surface area (Å²) in [5.74, 6) is 0.233. The zero-order valence-corrected chi connectivity index (χ0v) is 10.7. The summed E-state index contributed by atoms with van der Waals surface area (Å²) in [5.41, 5.74) is 0.631. The molecule has 0 radical (unpaired) electrons. The zero-order valence-electron chi connectivity index (χ0n) is 9.07. The number of ether oxygens (including phenoxy) is 2. The quantitative estimate of drug-likeness (QED) is 0.862. The van der Waals surface area contributed by atoms with Crippen molar-refractivity contribution in [2.45, 2.75) is 12.5 Å². The number of methoxy groups -OCH3 is 2. The first-order valence-corrected chi connectivity index (χ1v) is 5.46. The molecule has 4 nitrogen and oxygen atoms in total. The van der Waals surface area contributed by atoms with Gasteiger partial charge in [-0.15, -0.1) is 0 Å². The molecule has 1 aromatic rings. The number of benzene rings is 1. The first-order chi connectivity index (χ1) is 7.58. The Morgan fingerprint density at radius 1 is 1.50 bits per heavy atom. The summed E-state index contributed by atoms with van der Waals surface area (Å²) in [4.78, 5) is 11.0. The molecule has 0 aromatic heterocycles. The molecule has 1 aromatic carbocycles. The maximum atomic E-state index is 11.0. The van der Waals surface area contributed by atoms with E-state index < -0.39 is 12.1 Å². The van der Waals surface area contributed by atoms with Crippen LogP contribution < -0.4 is 4.74 Å². The van der Waals surface area contributed by atoms with Gasteiger partial charge >= 0.3 is 5.97 Å². The van der Waals surface area contributed by atoms with E-state index in [0.29, 0.717) is 15.8 Å². The lowest BCUT2D eigenvalue weighted by Crippen LogP contribution is -2.08. The number of carbonyl (C=O) groups excluding carboxylic acids is 1. The third-order valence-corrected chi connectivity index (χ3v) is 2.84. The zero-order chi connectivity index (χ0) is 12.1. The van der Waals surface area contributed by atoms with Gasteiger partial charge in [0, 0.05) is 4.47 Å². The highest BCUT2D eigenvalue weighted by Gasteiger charge is 2.16. The van der Waals surface area contributed by atoms with E-state index in [-0.39, 0.29) is 6.42 Å². The summed E-state index contributed by atoms with van der Waals surface area (Å²) in [6.07, 6.45) is -0.950. The normalized spacial score (nSPS) is 12.0. The molecule has 0 aliphatic carbocycles. The molecule has 0 heterocycles. The number of hydrogen-bond acceptors (Lipinski definition) is 4. The SMILES string of the molecule is COC(=O)C[C@H](O)c1ccc(OC)cc1Br. The molecule has 0 unspecified atom stereocenters. The summed E-state index contributed by atoms with van der Waals surface area (Å²) in [7, 11) is 2.85. The minimum absolute atomic E-state index is 0.0680. The smallest absolute Gasteiger partial charge is 0.308 e. The molecule has 0 aliphatic rings. The van der Waals surface area contributed by atoms with Gasteiger partial charge in [0.1, 0.15) is 5.75 Å². The molecule has 1 atom stereocenters. The van der Waals surface area contributed by atoms with Crippen molar-refractivity contribution in [3.05, 3.63) is 28.2 Å². The molecule has 0 spiro atoms. The first kappa shape index (κ1) is 13.0. The minimum atomic E-state index is -0.882. The van der Waals surface area contributed by atoms with Crippen LogP contribution in [-0.2, 0) is 9.53 Å². The second-order valence-corrected chi connectivity index (χ2v) is 4.04. The molecule has 1 N–H and O–H groups in total. The van der Waals surface area contributed by atoms with E-state index in [4.69, 9.17) is 4.74 Å². The molecular weight excluding hydrogens is 276 g/mol. The molecule has 1 rings (SSSR count). The lowest BCUT2D eigenvalue weighted by molar-refractivity contribution is -0.142. The standard InChI is InChI=1S/C11H13BrO4/c1-15-7-3-4-8(9(12)5-7)10(13)6-11(14)16-2/h3-5,10,13H,6H2,1-2H3/t10-/m0/s1. The van der Waals surface area contributed by atoms with E-state index in [1.54, 1.807) is 25.3 Å². The van der Waals surface area contributed by atoms with Gasteiger partial charge in [0.2, 0.25) is 0 Å². The number of hydrogen-bond donors (Lipinski definition) is 1. The fraction of sp³-hybridized carbons (Fsp3) is 0.364. The molecule has 0 bridgehead atoms. The van der Waals surface area contributed by atoms with E-state index in [0.717, 1.165) is 0 Å². The Morgan fingerprint density at radius 2 is 2.19 bits per heavy atom. The third kappa shape index (κ3) is 3.21. The number of esters is 1. The van der Waals surface area contributed by atoms with Gasteiger partial charge < -0.3 is 14.6 Å². The van der Waals surface area contributed by atoms with Crippen molar-refractivity contribution in [2.75, 3.05) is 14.2 Å². The van der Waals surface area contributed by atoms with Crippen molar-refractivity contribution in [3.63, 3.8) is 0 Å². The van der Waals surface area contributed by atoms with Gasteiger partial charge in [0.15, 0.2) is 0 Å². The van der Waals surface area contributed by atoms with Crippen LogP contribution in [0.2, 0.25) is 0 Å². The van der Waals surface area contributed by atoms with Gasteiger partial charge in [0.25, 0.3) is 0 Å². The first-order valence-electron chi connectivity index (χ1n) is 4.66. The van der Waals surface area contributed by atoms with Crippen LogP contribution in [-0.4, -0.2) is 25.3 Å². The highest BCUT2D eigenvalue weighted by molar-refractivity contribution is 9.10. The average Bonchev–Trinajstić information content (AvgIpc) is 2.28. The van der Waals surface area contributed by atoms with Crippen LogP contribution in [0.5, 0.6) is 5.75 Å². The predicted molar refractivity (Wildman–Crippen MR) is 62.3 cm³/mol. The largest absolute Gasteiger partial charge is 0.497 e. The lowest BCUT2D eigenvalue weighted by Gasteiger charge is -2.12. The third-order valence-electron chi connectivity index (χ3n) is 2.15. The Kier molecular flexibility index (Phi) is 4.76. The second kappa shape index (κ2) is 5.86. The summed E-state index contributed by atoms with van der Waals surface area (Å²) in [6, 6.07) is 5.16. The number of aliphatic hydroxyl groups is 1. The van der Waals surface area contributed by atoms with Crippen molar-refractivity contribution in [2.24, 2.45) is 0 Å². The minimum Gasteiger partial charge on any atom is -0.497 e. The van der Waals surface area contributed by atoms with E-state index >= 15 is 0 Å². The number of rotatable bonds is 4. The topological polar surface area (TPSA) is 55.8 Å². The fourth-order valence-corrected chi connectivity index (χ4v) is 1.88. The van der Waals surface area contributed by atoms with Crippen LogP contribution in [0.15, 0.2) is 22.7 Å². The van der Waals surface area contributed by atoms with Gasteiger partial charge in [-0.2, -0.15) is 0 Å². The van der Waals surface area contributed by atoms with Crippen LogP contribution in [0.3, 0.4) is 0 Å². The van der Waals surface area contributed by atoms with Crippen LogP contribution in [0.25, 0.3) is 0 Å². The van der Waals surface area contributed by atoms with Gasteiger partial charge in [0.05, 0.1) is 26.7 Å². The fourth-order valence-electron chi connectivity index (χ4n) is 1.26. The predicted octanol–water partition coefficient (Wildman–Crippen LogP) is 2.05. The van der Waals surface area contributed by atoms with Crippen LogP contribution >= 0.6 is 15.9 Å². The number of halogens is 1. The van der Waals surface area contributed by atoms with Crippen molar-refractivity contribution in [3.8, 4) is 5.75 Å². The summed E-state index contributed by atoms with van der Waals surface area (Å²) in [5, 5.41) is 9.79. The molecular formula is C11H13BrO4. The Bertz CT molecular complexity index is 378. The second-order valence-electron chi connectivity index (χ2n) is 3.18. The van der Waals surface area contributed by atoms with E-state index in [9.17, 15) is 9.90 Å². The van der Waals surface area contributed by atoms with E-state index in [1.165, 1.54) is 7.11 Å². The molecule has 16 heavy (non-hydrogen) atoms. The maximum Gasteiger partial charge on any atom is 0.308 e. The Hall–Kier alpha value is -1.07. The molecule has 0 fully saturated rings. The van der Waals surface area contributed by atoms with Gasteiger partial charge in [-0.1, -0.05) is 22.0 Å². The van der Waals surface area contributed by atoms with Gasteiger partial charge in [-0.05, 0) is 17.7 Å². The van der Waals surface area contributed by atoms with Crippen molar-refractivity contribution >= 4 is 21.9 Å². The number of carbonyl (C=O) groups is 1. The van der Waals surface area contributed by atoms with Gasteiger partial charge in [-0.3, -0.25) is 4.79 Å². The lowest BCUT2D eigenvalue weighted by atomic mass is 10.1. The molecule has 0 amide bonds. The Morgan fingerprint density at radius 3 is 2.69 bits per heavy atom. The van der Waals surface area contributed by atoms with Crippen molar-refractivity contribution < 1.29 is 19.4 Å². The molecule has 0 aliphatic heterocycles. The van der Waals surface area contributed by atoms with Crippen LogP contribution in [0.1, 0.15) is 18.1 Å². The average molecular weight is 289 g/mol. The summed E-state index contributed by atoms with van der Waals surface area (Å²) < 4.78 is 10.2. The van der Waals surface area contributed by atoms with E-state index in [1.807, 2.05) is 0 Å². The number of aliphatic hydroxyl groups excluding tert-OH is 1. The molecule has 0 saturated heterocycles. The molecule has 5 heteroatoms. The van der Waals surface area contributed by atoms with E-state index in [2.05, 4.69) is 20.7 Å². The monoisotopic (exact) mass is 288 g/mol. The highest BCUT2D eigenvalue weighted by Crippen LogP contribution is 2.29. The van der Waals surface area contributed by atoms with Gasteiger partial charge in [-0.25, -0.2) is 0 Å². The van der Waals surface area contributed by atoms with Crippen molar-refractivity contribution in [1.29, 1.82) is 0 Å². The molecule has 0 saturated carbocycles. The molecule has 88 valence electrons.